The van der Waals surface area contributed by atoms with Crippen molar-refractivity contribution in [3.8, 4) is 16.9 Å². The third kappa shape index (κ3) is 4.30. The minimum Gasteiger partial charge on any atom is -0.490 e. The van der Waals surface area contributed by atoms with Crippen molar-refractivity contribution in [1.82, 2.24) is 4.90 Å². The molecule has 0 radical (unpaired) electrons. The van der Waals surface area contributed by atoms with Crippen LogP contribution in [0.3, 0.4) is 0 Å². The molecule has 0 atom stereocenters. The number of anilines is 1. The molecule has 4 aliphatic carbocycles. The Morgan fingerprint density at radius 2 is 1.36 bits per heavy atom. The molecule has 5 fully saturated rings. The highest BCUT2D eigenvalue weighted by molar-refractivity contribution is 5.95. The summed E-state index contributed by atoms with van der Waals surface area (Å²) in [5, 5.41) is 3.27. The van der Waals surface area contributed by atoms with Crippen LogP contribution in [0.15, 0.2) is 48.5 Å². The van der Waals surface area contributed by atoms with Gasteiger partial charge in [-0.1, -0.05) is 24.3 Å². The van der Waals surface area contributed by atoms with Crippen LogP contribution in [0.1, 0.15) is 51.4 Å². The number of piperidine rings is 1. The van der Waals surface area contributed by atoms with Crippen LogP contribution in [0, 0.1) is 23.2 Å². The van der Waals surface area contributed by atoms with E-state index in [0.717, 1.165) is 79.9 Å². The number of nitrogens with zero attached hydrogens (tertiary/aromatic N) is 1. The Kier molecular flexibility index (Phi) is 5.44. The lowest BCUT2D eigenvalue weighted by Gasteiger charge is -2.55. The normalized spacial score (nSPS) is 31.5. The van der Waals surface area contributed by atoms with Gasteiger partial charge in [0.2, 0.25) is 5.91 Å². The summed E-state index contributed by atoms with van der Waals surface area (Å²) < 4.78 is 6.18. The van der Waals surface area contributed by atoms with Gasteiger partial charge in [-0.15, -0.1) is 0 Å². The Bertz CT molecular complexity index is 954. The molecule has 4 bridgehead atoms. The predicted octanol–water partition coefficient (Wildman–Crippen LogP) is 5.98. The maximum absolute atomic E-state index is 13.3. The second kappa shape index (κ2) is 8.47. The fourth-order valence-electron chi connectivity index (χ4n) is 7.42. The quantitative estimate of drug-likeness (QED) is 0.617. The molecule has 5 aliphatic rings. The molecule has 1 amide bonds. The molecule has 4 heteroatoms. The van der Waals surface area contributed by atoms with Crippen molar-refractivity contribution in [1.29, 1.82) is 0 Å². The predicted molar refractivity (Wildman–Crippen MR) is 132 cm³/mol. The zero-order chi connectivity index (χ0) is 22.4. The molecule has 0 spiro atoms. The average molecular weight is 445 g/mol. The molecule has 2 aromatic rings. The van der Waals surface area contributed by atoms with Gasteiger partial charge in [0, 0.05) is 18.8 Å². The smallest absolute Gasteiger partial charge is 0.230 e. The van der Waals surface area contributed by atoms with Gasteiger partial charge in [-0.25, -0.2) is 0 Å². The highest BCUT2D eigenvalue weighted by Crippen LogP contribution is 2.60. The number of benzene rings is 2. The van der Waals surface area contributed by atoms with Gasteiger partial charge in [0.05, 0.1) is 5.41 Å². The van der Waals surface area contributed by atoms with E-state index >= 15 is 0 Å². The Hall–Kier alpha value is -2.33. The van der Waals surface area contributed by atoms with Crippen LogP contribution in [0.2, 0.25) is 0 Å². The summed E-state index contributed by atoms with van der Waals surface area (Å²) in [6.07, 6.45) is 9.92. The second-order valence-corrected chi connectivity index (χ2v) is 11.4. The maximum Gasteiger partial charge on any atom is 0.230 e. The van der Waals surface area contributed by atoms with Crippen LogP contribution in [-0.4, -0.2) is 37.0 Å². The van der Waals surface area contributed by atoms with E-state index in [0.29, 0.717) is 6.10 Å². The van der Waals surface area contributed by atoms with E-state index in [2.05, 4.69) is 65.8 Å². The molecule has 4 saturated carbocycles. The van der Waals surface area contributed by atoms with E-state index in [1.54, 1.807) is 0 Å². The van der Waals surface area contributed by atoms with Gasteiger partial charge in [-0.05, 0) is 112 Å². The van der Waals surface area contributed by atoms with Crippen molar-refractivity contribution in [2.45, 2.75) is 57.5 Å². The van der Waals surface area contributed by atoms with Gasteiger partial charge in [0.15, 0.2) is 0 Å². The number of carbonyl (C=O) groups is 1. The number of hydrogen-bond acceptors (Lipinski definition) is 3. The van der Waals surface area contributed by atoms with Crippen molar-refractivity contribution in [2.24, 2.45) is 23.2 Å². The first kappa shape index (κ1) is 21.2. The first-order valence-corrected chi connectivity index (χ1v) is 12.9. The van der Waals surface area contributed by atoms with Gasteiger partial charge in [-0.2, -0.15) is 0 Å². The van der Waals surface area contributed by atoms with Gasteiger partial charge in [0.25, 0.3) is 0 Å². The van der Waals surface area contributed by atoms with Crippen molar-refractivity contribution in [3.63, 3.8) is 0 Å². The molecule has 2 aromatic carbocycles. The monoisotopic (exact) mass is 444 g/mol. The summed E-state index contributed by atoms with van der Waals surface area (Å²) in [6, 6.07) is 16.8. The zero-order valence-corrected chi connectivity index (χ0v) is 19.8. The summed E-state index contributed by atoms with van der Waals surface area (Å²) in [5.74, 6) is 3.58. The minimum absolute atomic E-state index is 0.100. The summed E-state index contributed by atoms with van der Waals surface area (Å²) >= 11 is 0. The zero-order valence-electron chi connectivity index (χ0n) is 19.8. The highest BCUT2D eigenvalue weighted by atomic mass is 16.5. The SMILES string of the molecule is CN1CCC(Oc2ccc(-c3ccc(NC(=O)C45CC6CC(CC(C6)C4)C5)cc3)cc2)CC1. The number of likely N-dealkylation sites (tertiary alicyclic amines) is 1. The Morgan fingerprint density at radius 3 is 1.91 bits per heavy atom. The van der Waals surface area contributed by atoms with Crippen LogP contribution < -0.4 is 10.1 Å². The van der Waals surface area contributed by atoms with E-state index < -0.39 is 0 Å². The lowest BCUT2D eigenvalue weighted by atomic mass is 9.49. The van der Waals surface area contributed by atoms with Crippen LogP contribution in [0.5, 0.6) is 5.75 Å². The van der Waals surface area contributed by atoms with Crippen LogP contribution in [-0.2, 0) is 4.79 Å². The number of rotatable bonds is 5. The Morgan fingerprint density at radius 1 is 0.848 bits per heavy atom. The average Bonchev–Trinajstić information content (AvgIpc) is 2.81. The maximum atomic E-state index is 13.3. The number of ether oxygens (including phenoxy) is 1. The standard InChI is InChI=1S/C29H36N2O2/c1-31-12-10-27(11-13-31)33-26-8-4-24(5-9-26)23-2-6-25(7-3-23)30-28(32)29-17-20-14-21(18-29)16-22(15-20)19-29/h2-9,20-22,27H,10-19H2,1H3,(H,30,32). The van der Waals surface area contributed by atoms with Crippen molar-refractivity contribution in [2.75, 3.05) is 25.5 Å². The number of amides is 1. The minimum atomic E-state index is -0.100. The fraction of sp³-hybridized carbons (Fsp3) is 0.552. The summed E-state index contributed by atoms with van der Waals surface area (Å²) in [5.41, 5.74) is 3.15. The third-order valence-corrected chi connectivity index (χ3v) is 8.82. The van der Waals surface area contributed by atoms with Gasteiger partial charge in [0.1, 0.15) is 11.9 Å². The van der Waals surface area contributed by atoms with E-state index in [-0.39, 0.29) is 11.3 Å². The highest BCUT2D eigenvalue weighted by Gasteiger charge is 2.54. The van der Waals surface area contributed by atoms with Crippen molar-refractivity contribution < 1.29 is 9.53 Å². The van der Waals surface area contributed by atoms with Crippen LogP contribution in [0.25, 0.3) is 11.1 Å². The van der Waals surface area contributed by atoms with Gasteiger partial charge < -0.3 is 15.0 Å². The lowest BCUT2D eigenvalue weighted by molar-refractivity contribution is -0.140. The molecular formula is C29H36N2O2. The molecular weight excluding hydrogens is 408 g/mol. The topological polar surface area (TPSA) is 41.6 Å². The van der Waals surface area contributed by atoms with Gasteiger partial charge in [-0.3, -0.25) is 4.79 Å². The third-order valence-electron chi connectivity index (χ3n) is 8.82. The number of nitrogens with one attached hydrogen (secondary N) is 1. The summed E-state index contributed by atoms with van der Waals surface area (Å²) in [7, 11) is 2.17. The first-order valence-electron chi connectivity index (χ1n) is 12.9. The van der Waals surface area contributed by atoms with Crippen molar-refractivity contribution >= 4 is 11.6 Å². The molecule has 1 aliphatic heterocycles. The molecule has 1 heterocycles. The molecule has 7 rings (SSSR count). The van der Waals surface area contributed by atoms with E-state index in [1.165, 1.54) is 24.8 Å². The van der Waals surface area contributed by atoms with Crippen LogP contribution >= 0.6 is 0 Å². The first-order chi connectivity index (χ1) is 16.0. The molecule has 33 heavy (non-hydrogen) atoms. The summed E-state index contributed by atoms with van der Waals surface area (Å²) in [4.78, 5) is 15.7. The molecule has 0 unspecified atom stereocenters. The van der Waals surface area contributed by atoms with Crippen LogP contribution in [0.4, 0.5) is 5.69 Å². The molecule has 1 saturated heterocycles. The van der Waals surface area contributed by atoms with E-state index in [4.69, 9.17) is 4.74 Å². The fourth-order valence-corrected chi connectivity index (χ4v) is 7.42. The molecule has 174 valence electrons. The number of carbonyl (C=O) groups excluding carboxylic acids is 1. The lowest BCUT2D eigenvalue weighted by Crippen LogP contribution is -2.51. The molecule has 1 N–H and O–H groups in total. The van der Waals surface area contributed by atoms with E-state index in [1.807, 2.05) is 0 Å². The van der Waals surface area contributed by atoms with Gasteiger partial charge >= 0.3 is 0 Å². The molecule has 0 aromatic heterocycles. The Balaban J connectivity index is 1.08. The number of hydrogen-bond donors (Lipinski definition) is 1. The second-order valence-electron chi connectivity index (χ2n) is 11.4. The van der Waals surface area contributed by atoms with E-state index in [9.17, 15) is 4.79 Å². The van der Waals surface area contributed by atoms with Crippen molar-refractivity contribution in [3.05, 3.63) is 48.5 Å². The largest absolute Gasteiger partial charge is 0.490 e. The Labute approximate surface area is 197 Å². The summed E-state index contributed by atoms with van der Waals surface area (Å²) in [6.45, 7) is 2.21. The molecule has 4 nitrogen and oxygen atoms in total.